The van der Waals surface area contributed by atoms with Crippen molar-refractivity contribution >= 4 is 22.8 Å². The molecule has 1 heterocycles. The van der Waals surface area contributed by atoms with E-state index in [4.69, 9.17) is 15.0 Å². The standard InChI is InChI=1S/C49H39N3/c1-3-16-35(17-4-1)41-21-9-11-23-43(41)45-25-13-14-26-46(45)44-24-12-10-22-42(44)36-28-30-38(31-29-36)48-50-47(37-18-5-2-6-19-37)51-49(52-48)40-32-27-34-15-7-8-20-39(34)33-40/h1,3-5,8-14,16-28,30,32-33H,2,6-7,15,29,31H2. The zero-order valence-corrected chi connectivity index (χ0v) is 29.2. The summed E-state index contributed by atoms with van der Waals surface area (Å²) in [5.74, 6) is 2.24. The zero-order valence-electron chi connectivity index (χ0n) is 29.2. The first-order valence-corrected chi connectivity index (χ1v) is 18.5. The van der Waals surface area contributed by atoms with Crippen LogP contribution in [0.4, 0.5) is 0 Å². The van der Waals surface area contributed by atoms with E-state index in [2.05, 4.69) is 164 Å². The van der Waals surface area contributed by atoms with Gasteiger partial charge < -0.3 is 0 Å². The summed E-state index contributed by atoms with van der Waals surface area (Å²) in [6.45, 7) is 0. The predicted octanol–water partition coefficient (Wildman–Crippen LogP) is 12.5. The monoisotopic (exact) mass is 669 g/mol. The van der Waals surface area contributed by atoms with Crippen LogP contribution in [0.25, 0.3) is 67.6 Å². The van der Waals surface area contributed by atoms with Crippen LogP contribution in [-0.2, 0) is 6.42 Å². The van der Waals surface area contributed by atoms with Crippen molar-refractivity contribution in [2.75, 3.05) is 0 Å². The number of hydrogen-bond acceptors (Lipinski definition) is 3. The highest BCUT2D eigenvalue weighted by molar-refractivity contribution is 5.95. The molecule has 0 N–H and O–H groups in total. The minimum atomic E-state index is 0.732. The van der Waals surface area contributed by atoms with Crippen molar-refractivity contribution in [2.24, 2.45) is 0 Å². The molecule has 0 saturated carbocycles. The molecule has 3 aliphatic rings. The molecule has 0 bridgehead atoms. The second-order valence-corrected chi connectivity index (χ2v) is 13.7. The Hall–Kier alpha value is -6.19. The predicted molar refractivity (Wildman–Crippen MR) is 217 cm³/mol. The van der Waals surface area contributed by atoms with E-state index >= 15 is 0 Å². The smallest absolute Gasteiger partial charge is 0.164 e. The molecular weight excluding hydrogens is 631 g/mol. The number of benzene rings is 5. The van der Waals surface area contributed by atoms with Crippen molar-refractivity contribution in [3.63, 3.8) is 0 Å². The minimum Gasteiger partial charge on any atom is -0.209 e. The van der Waals surface area contributed by atoms with Gasteiger partial charge in [-0.05, 0) is 106 Å². The van der Waals surface area contributed by atoms with E-state index in [9.17, 15) is 0 Å². The third-order valence-corrected chi connectivity index (χ3v) is 10.4. The number of nitrogens with zero attached hydrogens (tertiary/aromatic N) is 3. The van der Waals surface area contributed by atoms with Crippen molar-refractivity contribution in [1.82, 2.24) is 15.0 Å². The molecule has 1 aromatic heterocycles. The number of rotatable bonds is 7. The lowest BCUT2D eigenvalue weighted by molar-refractivity contribution is 0.954. The number of aromatic nitrogens is 3. The zero-order chi connectivity index (χ0) is 34.7. The maximum atomic E-state index is 5.12. The van der Waals surface area contributed by atoms with Crippen LogP contribution in [-0.4, -0.2) is 15.0 Å². The molecule has 3 nitrogen and oxygen atoms in total. The highest BCUT2D eigenvalue weighted by Crippen LogP contribution is 2.42. The van der Waals surface area contributed by atoms with Gasteiger partial charge in [0.2, 0.25) is 0 Å². The molecular formula is C49H39N3. The third-order valence-electron chi connectivity index (χ3n) is 10.4. The normalized spacial score (nSPS) is 15.0. The third kappa shape index (κ3) is 6.31. The van der Waals surface area contributed by atoms with E-state index in [1.165, 1.54) is 55.6 Å². The molecule has 6 aromatic rings. The SMILES string of the molecule is C1=CC(c2nc(C3=CC=C(c4ccccc4-c4ccccc4-c4ccccc4-c4ccccc4)CC3)nc(-c3ccc4c(c3)C=CCC4)n2)=CCC1. The second kappa shape index (κ2) is 14.2. The Morgan fingerprint density at radius 2 is 1.00 bits per heavy atom. The Balaban J connectivity index is 1.10. The molecule has 9 rings (SSSR count). The van der Waals surface area contributed by atoms with Crippen LogP contribution < -0.4 is 0 Å². The topological polar surface area (TPSA) is 38.7 Å². The highest BCUT2D eigenvalue weighted by Gasteiger charge is 2.20. The van der Waals surface area contributed by atoms with E-state index in [-0.39, 0.29) is 0 Å². The average molecular weight is 670 g/mol. The first-order valence-electron chi connectivity index (χ1n) is 18.5. The van der Waals surface area contributed by atoms with Crippen molar-refractivity contribution < 1.29 is 0 Å². The molecule has 0 unspecified atom stereocenters. The molecule has 52 heavy (non-hydrogen) atoms. The highest BCUT2D eigenvalue weighted by atomic mass is 15.0. The van der Waals surface area contributed by atoms with Gasteiger partial charge in [-0.3, -0.25) is 0 Å². The van der Waals surface area contributed by atoms with Crippen LogP contribution in [0.3, 0.4) is 0 Å². The van der Waals surface area contributed by atoms with Gasteiger partial charge in [0.1, 0.15) is 0 Å². The molecule has 5 aromatic carbocycles. The largest absolute Gasteiger partial charge is 0.209 e. The fraction of sp³-hybridized carbons (Fsp3) is 0.122. The summed E-state index contributed by atoms with van der Waals surface area (Å²) >= 11 is 0. The number of hydrogen-bond donors (Lipinski definition) is 0. The van der Waals surface area contributed by atoms with E-state index in [0.717, 1.165) is 72.7 Å². The molecule has 0 radical (unpaired) electrons. The van der Waals surface area contributed by atoms with E-state index in [1.807, 2.05) is 0 Å². The molecule has 0 fully saturated rings. The van der Waals surface area contributed by atoms with Gasteiger partial charge >= 0.3 is 0 Å². The fourth-order valence-corrected chi connectivity index (χ4v) is 7.71. The van der Waals surface area contributed by atoms with Crippen LogP contribution in [0.5, 0.6) is 0 Å². The quantitative estimate of drug-likeness (QED) is 0.170. The van der Waals surface area contributed by atoms with E-state index in [0.29, 0.717) is 0 Å². The average Bonchev–Trinajstić information content (AvgIpc) is 3.24. The summed E-state index contributed by atoms with van der Waals surface area (Å²) in [7, 11) is 0. The van der Waals surface area contributed by atoms with Gasteiger partial charge in [0.05, 0.1) is 0 Å². The molecule has 0 atom stereocenters. The molecule has 0 spiro atoms. The van der Waals surface area contributed by atoms with Gasteiger partial charge in [0, 0.05) is 11.1 Å². The molecule has 0 aliphatic heterocycles. The Kier molecular flexibility index (Phi) is 8.68. The molecule has 0 amide bonds. The summed E-state index contributed by atoms with van der Waals surface area (Å²) in [6, 6.07) is 43.7. The molecule has 3 heteroatoms. The van der Waals surface area contributed by atoms with Gasteiger partial charge in [-0.15, -0.1) is 0 Å². The van der Waals surface area contributed by atoms with Crippen LogP contribution in [0, 0.1) is 0 Å². The Labute approximate surface area is 306 Å². The first-order chi connectivity index (χ1) is 25.8. The van der Waals surface area contributed by atoms with Gasteiger partial charge in [-0.1, -0.05) is 158 Å². The van der Waals surface area contributed by atoms with Crippen LogP contribution >= 0.6 is 0 Å². The summed E-state index contributed by atoms with van der Waals surface area (Å²) < 4.78 is 0. The molecule has 3 aliphatic carbocycles. The van der Waals surface area contributed by atoms with Gasteiger partial charge in [0.25, 0.3) is 0 Å². The summed E-state index contributed by atoms with van der Waals surface area (Å²) in [6.07, 6.45) is 21.6. The van der Waals surface area contributed by atoms with E-state index in [1.54, 1.807) is 0 Å². The lowest BCUT2D eigenvalue weighted by atomic mass is 9.84. The first kappa shape index (κ1) is 31.8. The number of fused-ring (bicyclic) bond motifs is 1. The van der Waals surface area contributed by atoms with Crippen LogP contribution in [0.15, 0.2) is 158 Å². The lowest BCUT2D eigenvalue weighted by Gasteiger charge is -2.20. The van der Waals surface area contributed by atoms with E-state index < -0.39 is 0 Å². The number of allylic oxidation sites excluding steroid dienone is 9. The lowest BCUT2D eigenvalue weighted by Crippen LogP contribution is -2.07. The van der Waals surface area contributed by atoms with Crippen molar-refractivity contribution in [2.45, 2.75) is 38.5 Å². The Morgan fingerprint density at radius 3 is 1.71 bits per heavy atom. The van der Waals surface area contributed by atoms with Crippen LogP contribution in [0.1, 0.15) is 60.4 Å². The van der Waals surface area contributed by atoms with Crippen molar-refractivity contribution in [1.29, 1.82) is 0 Å². The Bertz CT molecular complexity index is 2460. The second-order valence-electron chi connectivity index (χ2n) is 13.7. The molecule has 0 saturated heterocycles. The minimum absolute atomic E-state index is 0.732. The van der Waals surface area contributed by atoms with Crippen LogP contribution in [0.2, 0.25) is 0 Å². The van der Waals surface area contributed by atoms with Gasteiger partial charge in [-0.25, -0.2) is 15.0 Å². The van der Waals surface area contributed by atoms with Crippen molar-refractivity contribution in [3.8, 4) is 44.8 Å². The van der Waals surface area contributed by atoms with Crippen molar-refractivity contribution in [3.05, 3.63) is 186 Å². The number of aryl methyl sites for hydroxylation is 1. The maximum Gasteiger partial charge on any atom is 0.164 e. The molecule has 250 valence electrons. The van der Waals surface area contributed by atoms with Gasteiger partial charge in [0.15, 0.2) is 17.5 Å². The summed E-state index contributed by atoms with van der Waals surface area (Å²) in [4.78, 5) is 15.2. The maximum absolute atomic E-state index is 5.12. The summed E-state index contributed by atoms with van der Waals surface area (Å²) in [5, 5.41) is 0. The Morgan fingerprint density at radius 1 is 0.404 bits per heavy atom. The fourth-order valence-electron chi connectivity index (χ4n) is 7.71. The van der Waals surface area contributed by atoms with Gasteiger partial charge in [-0.2, -0.15) is 0 Å². The summed E-state index contributed by atoms with van der Waals surface area (Å²) in [5.41, 5.74) is 15.9.